The average Bonchev–Trinajstić information content (AvgIpc) is 2.72. The largest absolute Gasteiger partial charge is 0.374 e. The van der Waals surface area contributed by atoms with E-state index < -0.39 is 0 Å². The van der Waals surface area contributed by atoms with E-state index in [9.17, 15) is 0 Å². The molecule has 2 nitrogen and oxygen atoms in total. The second-order valence-corrected chi connectivity index (χ2v) is 5.51. The minimum absolute atomic E-state index is 0.0884. The minimum atomic E-state index is -0.129. The molecule has 0 spiro atoms. The number of nitrogens with two attached hydrogens (primary N) is 1. The van der Waals surface area contributed by atoms with Crippen molar-refractivity contribution in [2.75, 3.05) is 6.61 Å². The lowest BCUT2D eigenvalue weighted by molar-refractivity contribution is -0.000934. The maximum atomic E-state index is 6.34. The van der Waals surface area contributed by atoms with Gasteiger partial charge in [-0.25, -0.2) is 0 Å². The molecule has 0 aliphatic carbocycles. The van der Waals surface area contributed by atoms with Gasteiger partial charge in [0.25, 0.3) is 0 Å². The second-order valence-electron chi connectivity index (χ2n) is 5.51. The van der Waals surface area contributed by atoms with Crippen LogP contribution in [0.25, 0.3) is 0 Å². The zero-order chi connectivity index (χ0) is 12.5. The molecule has 2 unspecified atom stereocenters. The average molecular weight is 233 g/mol. The lowest BCUT2D eigenvalue weighted by Gasteiger charge is -2.31. The number of ether oxygens (including phenoxy) is 1. The van der Waals surface area contributed by atoms with E-state index in [-0.39, 0.29) is 11.6 Å². The van der Waals surface area contributed by atoms with Gasteiger partial charge in [0.2, 0.25) is 0 Å². The van der Waals surface area contributed by atoms with Crippen LogP contribution >= 0.6 is 0 Å². The Kier molecular flexibility index (Phi) is 3.55. The molecule has 0 aromatic heterocycles. The van der Waals surface area contributed by atoms with Crippen LogP contribution in [0.2, 0.25) is 0 Å². The highest BCUT2D eigenvalue weighted by Crippen LogP contribution is 2.29. The maximum Gasteiger partial charge on any atom is 0.0808 e. The molecule has 1 aromatic carbocycles. The minimum Gasteiger partial charge on any atom is -0.374 e. The van der Waals surface area contributed by atoms with Crippen molar-refractivity contribution in [3.8, 4) is 0 Å². The van der Waals surface area contributed by atoms with Gasteiger partial charge in [-0.3, -0.25) is 0 Å². The Bertz CT molecular complexity index is 394. The third kappa shape index (κ3) is 2.70. The number of hydrogen-bond donors (Lipinski definition) is 1. The van der Waals surface area contributed by atoms with Gasteiger partial charge >= 0.3 is 0 Å². The monoisotopic (exact) mass is 233 g/mol. The Labute approximate surface area is 104 Å². The van der Waals surface area contributed by atoms with Gasteiger partial charge < -0.3 is 10.5 Å². The van der Waals surface area contributed by atoms with Crippen molar-refractivity contribution in [2.45, 2.75) is 51.7 Å². The molecule has 1 saturated heterocycles. The number of rotatable bonds is 3. The van der Waals surface area contributed by atoms with Gasteiger partial charge in [-0.2, -0.15) is 0 Å². The molecule has 0 bridgehead atoms. The summed E-state index contributed by atoms with van der Waals surface area (Å²) in [5, 5.41) is 0. The van der Waals surface area contributed by atoms with Crippen LogP contribution in [0, 0.1) is 13.8 Å². The Morgan fingerprint density at radius 3 is 2.82 bits per heavy atom. The molecule has 1 fully saturated rings. The summed E-state index contributed by atoms with van der Waals surface area (Å²) in [7, 11) is 0. The summed E-state index contributed by atoms with van der Waals surface area (Å²) in [6, 6.07) is 6.66. The summed E-state index contributed by atoms with van der Waals surface area (Å²) in [6.45, 7) is 7.29. The van der Waals surface area contributed by atoms with Crippen molar-refractivity contribution in [1.82, 2.24) is 0 Å². The van der Waals surface area contributed by atoms with Crippen molar-refractivity contribution < 1.29 is 4.74 Å². The molecule has 2 heteroatoms. The van der Waals surface area contributed by atoms with Gasteiger partial charge in [-0.1, -0.05) is 23.8 Å². The molecule has 2 N–H and O–H groups in total. The first kappa shape index (κ1) is 12.6. The molecule has 1 aliphatic heterocycles. The molecule has 1 heterocycles. The fourth-order valence-electron chi connectivity index (χ4n) is 2.57. The fourth-order valence-corrected chi connectivity index (χ4v) is 2.57. The van der Waals surface area contributed by atoms with Gasteiger partial charge in [0, 0.05) is 12.6 Å². The maximum absolute atomic E-state index is 6.34. The van der Waals surface area contributed by atoms with Gasteiger partial charge in [0.15, 0.2) is 0 Å². The Morgan fingerprint density at radius 2 is 2.18 bits per heavy atom. The second kappa shape index (κ2) is 4.79. The normalized spacial score (nSPS) is 26.1. The smallest absolute Gasteiger partial charge is 0.0808 e. The number of aryl methyl sites for hydroxylation is 2. The van der Waals surface area contributed by atoms with E-state index in [1.165, 1.54) is 16.7 Å². The first-order valence-electron chi connectivity index (χ1n) is 6.47. The predicted molar refractivity (Wildman–Crippen MR) is 71.2 cm³/mol. The van der Waals surface area contributed by atoms with E-state index in [2.05, 4.69) is 39.0 Å². The molecule has 0 amide bonds. The van der Waals surface area contributed by atoms with Crippen LogP contribution in [-0.4, -0.2) is 18.2 Å². The highest BCUT2D eigenvalue weighted by atomic mass is 16.5. The van der Waals surface area contributed by atoms with Crippen LogP contribution < -0.4 is 5.73 Å². The fraction of sp³-hybridized carbons (Fsp3) is 0.600. The summed E-state index contributed by atoms with van der Waals surface area (Å²) in [5.41, 5.74) is 10.2. The Hall–Kier alpha value is -0.860. The third-order valence-electron chi connectivity index (χ3n) is 3.98. The van der Waals surface area contributed by atoms with Gasteiger partial charge in [0.05, 0.1) is 5.60 Å². The van der Waals surface area contributed by atoms with Crippen LogP contribution in [0.4, 0.5) is 0 Å². The standard InChI is InChI=1S/C15H23NO/c1-11-5-6-12(2)13(9-11)10-14(16)15(3)7-4-8-17-15/h5-6,9,14H,4,7-8,10,16H2,1-3H3. The molecule has 1 aromatic rings. The van der Waals surface area contributed by atoms with Crippen LogP contribution in [0.3, 0.4) is 0 Å². The summed E-state index contributed by atoms with van der Waals surface area (Å²) >= 11 is 0. The molecule has 1 aliphatic rings. The molecule has 94 valence electrons. The van der Waals surface area contributed by atoms with E-state index >= 15 is 0 Å². The summed E-state index contributed by atoms with van der Waals surface area (Å²) < 4.78 is 5.82. The van der Waals surface area contributed by atoms with Gasteiger partial charge in [-0.05, 0) is 51.2 Å². The van der Waals surface area contributed by atoms with Crippen LogP contribution in [0.5, 0.6) is 0 Å². The SMILES string of the molecule is Cc1ccc(C)c(CC(N)C2(C)CCCO2)c1. The van der Waals surface area contributed by atoms with E-state index in [1.807, 2.05) is 0 Å². The highest BCUT2D eigenvalue weighted by molar-refractivity contribution is 5.31. The summed E-state index contributed by atoms with van der Waals surface area (Å²) in [6.07, 6.45) is 3.13. The van der Waals surface area contributed by atoms with Crippen molar-refractivity contribution in [3.05, 3.63) is 34.9 Å². The number of hydrogen-bond acceptors (Lipinski definition) is 2. The summed E-state index contributed by atoms with van der Waals surface area (Å²) in [4.78, 5) is 0. The topological polar surface area (TPSA) is 35.2 Å². The highest BCUT2D eigenvalue weighted by Gasteiger charge is 2.36. The van der Waals surface area contributed by atoms with Crippen molar-refractivity contribution >= 4 is 0 Å². The first-order chi connectivity index (χ1) is 8.01. The van der Waals surface area contributed by atoms with Crippen LogP contribution in [0.15, 0.2) is 18.2 Å². The molecule has 2 atom stereocenters. The quantitative estimate of drug-likeness (QED) is 0.871. The molecular weight excluding hydrogens is 210 g/mol. The van der Waals surface area contributed by atoms with E-state index in [0.717, 1.165) is 25.9 Å². The lowest BCUT2D eigenvalue weighted by atomic mass is 9.87. The Morgan fingerprint density at radius 1 is 1.41 bits per heavy atom. The van der Waals surface area contributed by atoms with Crippen LogP contribution in [-0.2, 0) is 11.2 Å². The van der Waals surface area contributed by atoms with Crippen molar-refractivity contribution in [1.29, 1.82) is 0 Å². The third-order valence-corrected chi connectivity index (χ3v) is 3.98. The van der Waals surface area contributed by atoms with Crippen LogP contribution in [0.1, 0.15) is 36.5 Å². The van der Waals surface area contributed by atoms with E-state index in [4.69, 9.17) is 10.5 Å². The zero-order valence-electron chi connectivity index (χ0n) is 11.1. The zero-order valence-corrected chi connectivity index (χ0v) is 11.1. The lowest BCUT2D eigenvalue weighted by Crippen LogP contribution is -2.46. The Balaban J connectivity index is 2.12. The molecule has 2 rings (SSSR count). The molecule has 17 heavy (non-hydrogen) atoms. The van der Waals surface area contributed by atoms with Gasteiger partial charge in [-0.15, -0.1) is 0 Å². The van der Waals surface area contributed by atoms with E-state index in [1.54, 1.807) is 0 Å². The van der Waals surface area contributed by atoms with Crippen molar-refractivity contribution in [2.24, 2.45) is 5.73 Å². The van der Waals surface area contributed by atoms with Crippen molar-refractivity contribution in [3.63, 3.8) is 0 Å². The molecule has 0 radical (unpaired) electrons. The first-order valence-corrected chi connectivity index (χ1v) is 6.47. The molecule has 0 saturated carbocycles. The summed E-state index contributed by atoms with van der Waals surface area (Å²) in [5.74, 6) is 0. The molecular formula is C15H23NO. The van der Waals surface area contributed by atoms with E-state index in [0.29, 0.717) is 0 Å². The number of benzene rings is 1. The predicted octanol–water partition coefficient (Wildman–Crippen LogP) is 2.74. The van der Waals surface area contributed by atoms with Gasteiger partial charge in [0.1, 0.15) is 0 Å².